The topological polar surface area (TPSA) is 61.9 Å². The molecule has 6 heteroatoms. The lowest BCUT2D eigenvalue weighted by atomic mass is 10.0. The van der Waals surface area contributed by atoms with Crippen molar-refractivity contribution in [3.8, 4) is 5.75 Å². The lowest BCUT2D eigenvalue weighted by molar-refractivity contribution is -0.119. The number of rotatable bonds is 7. The van der Waals surface area contributed by atoms with E-state index in [4.69, 9.17) is 4.74 Å². The van der Waals surface area contributed by atoms with Gasteiger partial charge in [0.1, 0.15) is 5.75 Å². The first-order valence-electron chi connectivity index (χ1n) is 11.2. The van der Waals surface area contributed by atoms with Crippen molar-refractivity contribution in [2.75, 3.05) is 38.2 Å². The average molecular weight is 422 g/mol. The monoisotopic (exact) mass is 421 g/mol. The maximum Gasteiger partial charge on any atom is 0.251 e. The second-order valence-corrected chi connectivity index (χ2v) is 8.29. The third-order valence-corrected chi connectivity index (χ3v) is 6.30. The van der Waals surface area contributed by atoms with E-state index in [0.717, 1.165) is 43.9 Å². The van der Waals surface area contributed by atoms with Crippen molar-refractivity contribution in [1.82, 2.24) is 10.2 Å². The van der Waals surface area contributed by atoms with Crippen molar-refractivity contribution < 1.29 is 14.3 Å². The first-order chi connectivity index (χ1) is 15.2. The highest BCUT2D eigenvalue weighted by Crippen LogP contribution is 2.26. The molecule has 0 aliphatic carbocycles. The van der Waals surface area contributed by atoms with Crippen LogP contribution >= 0.6 is 0 Å². The van der Waals surface area contributed by atoms with Gasteiger partial charge in [0.2, 0.25) is 5.91 Å². The molecule has 2 heterocycles. The minimum atomic E-state index is -0.0887. The van der Waals surface area contributed by atoms with E-state index < -0.39 is 0 Å². The van der Waals surface area contributed by atoms with Gasteiger partial charge in [-0.1, -0.05) is 12.1 Å². The molecular weight excluding hydrogens is 390 g/mol. The van der Waals surface area contributed by atoms with Gasteiger partial charge < -0.3 is 15.0 Å². The molecule has 0 bridgehead atoms. The third kappa shape index (κ3) is 5.07. The summed E-state index contributed by atoms with van der Waals surface area (Å²) in [5, 5.41) is 3.12. The van der Waals surface area contributed by atoms with E-state index in [2.05, 4.69) is 22.3 Å². The van der Waals surface area contributed by atoms with Crippen LogP contribution in [0.25, 0.3) is 0 Å². The Labute approximate surface area is 184 Å². The predicted octanol–water partition coefficient (Wildman–Crippen LogP) is 3.78. The average Bonchev–Trinajstić information content (AvgIpc) is 3.34. The summed E-state index contributed by atoms with van der Waals surface area (Å²) in [6, 6.07) is 15.6. The van der Waals surface area contributed by atoms with Gasteiger partial charge in [0.15, 0.2) is 0 Å². The van der Waals surface area contributed by atoms with Gasteiger partial charge in [-0.3, -0.25) is 14.5 Å². The number of nitrogens with one attached hydrogen (secondary N) is 1. The number of benzene rings is 2. The van der Waals surface area contributed by atoms with Crippen LogP contribution in [-0.4, -0.2) is 50.0 Å². The first kappa shape index (κ1) is 21.4. The van der Waals surface area contributed by atoms with Gasteiger partial charge in [0.25, 0.3) is 5.91 Å². The minimum Gasteiger partial charge on any atom is -0.497 e. The lowest BCUT2D eigenvalue weighted by Crippen LogP contribution is -2.37. The Kier molecular flexibility index (Phi) is 6.87. The first-order valence-corrected chi connectivity index (χ1v) is 11.2. The fraction of sp³-hybridized carbons (Fsp3) is 0.440. The number of carbonyl (C=O) groups excluding carboxylic acids is 2. The molecule has 0 spiro atoms. The van der Waals surface area contributed by atoms with Gasteiger partial charge in [-0.05, 0) is 80.7 Å². The van der Waals surface area contributed by atoms with Crippen LogP contribution in [0, 0.1) is 0 Å². The maximum atomic E-state index is 12.8. The van der Waals surface area contributed by atoms with E-state index in [9.17, 15) is 9.59 Å². The van der Waals surface area contributed by atoms with Crippen LogP contribution in [0.5, 0.6) is 5.75 Å². The van der Waals surface area contributed by atoms with Crippen molar-refractivity contribution in [3.63, 3.8) is 0 Å². The lowest BCUT2D eigenvalue weighted by Gasteiger charge is -2.28. The molecule has 2 fully saturated rings. The van der Waals surface area contributed by atoms with Crippen LogP contribution < -0.4 is 15.0 Å². The number of ether oxygens (including phenoxy) is 1. The smallest absolute Gasteiger partial charge is 0.251 e. The zero-order valence-electron chi connectivity index (χ0n) is 18.2. The summed E-state index contributed by atoms with van der Waals surface area (Å²) in [6.07, 6.45) is 4.97. The largest absolute Gasteiger partial charge is 0.497 e. The second-order valence-electron chi connectivity index (χ2n) is 8.29. The molecule has 2 aromatic rings. The van der Waals surface area contributed by atoms with Crippen LogP contribution in [0.4, 0.5) is 5.69 Å². The summed E-state index contributed by atoms with van der Waals surface area (Å²) >= 11 is 0. The summed E-state index contributed by atoms with van der Waals surface area (Å²) in [5.41, 5.74) is 2.67. The fourth-order valence-electron chi connectivity index (χ4n) is 4.50. The van der Waals surface area contributed by atoms with Crippen molar-refractivity contribution >= 4 is 17.5 Å². The second kappa shape index (κ2) is 9.96. The molecule has 0 saturated carbocycles. The van der Waals surface area contributed by atoms with E-state index in [1.807, 2.05) is 41.3 Å². The highest BCUT2D eigenvalue weighted by Gasteiger charge is 2.24. The summed E-state index contributed by atoms with van der Waals surface area (Å²) in [5.74, 6) is 0.908. The highest BCUT2D eigenvalue weighted by atomic mass is 16.5. The number of piperidine rings is 1. The number of amides is 2. The number of carbonyl (C=O) groups is 2. The van der Waals surface area contributed by atoms with Crippen molar-refractivity contribution in [3.05, 3.63) is 59.7 Å². The number of methoxy groups -OCH3 is 1. The Morgan fingerprint density at radius 3 is 2.29 bits per heavy atom. The summed E-state index contributed by atoms with van der Waals surface area (Å²) in [4.78, 5) is 29.2. The molecule has 1 N–H and O–H groups in total. The van der Waals surface area contributed by atoms with Crippen molar-refractivity contribution in [2.45, 2.75) is 38.1 Å². The zero-order valence-corrected chi connectivity index (χ0v) is 18.2. The molecule has 2 saturated heterocycles. The minimum absolute atomic E-state index is 0.0887. The van der Waals surface area contributed by atoms with Gasteiger partial charge >= 0.3 is 0 Å². The predicted molar refractivity (Wildman–Crippen MR) is 122 cm³/mol. The molecule has 4 rings (SSSR count). The van der Waals surface area contributed by atoms with Gasteiger partial charge in [-0.25, -0.2) is 0 Å². The van der Waals surface area contributed by atoms with Crippen molar-refractivity contribution in [1.29, 1.82) is 0 Å². The summed E-state index contributed by atoms with van der Waals surface area (Å²) < 4.78 is 5.28. The number of anilines is 1. The van der Waals surface area contributed by atoms with E-state index in [1.165, 1.54) is 18.4 Å². The molecule has 0 aromatic heterocycles. The molecular formula is C25H31N3O3. The normalized spacial score (nSPS) is 18.1. The van der Waals surface area contributed by atoms with Gasteiger partial charge in [0.05, 0.1) is 13.2 Å². The quantitative estimate of drug-likeness (QED) is 0.739. The Balaban J connectivity index is 1.41. The highest BCUT2D eigenvalue weighted by molar-refractivity contribution is 5.97. The third-order valence-electron chi connectivity index (χ3n) is 6.30. The number of hydrogen-bond donors (Lipinski definition) is 1. The Hall–Kier alpha value is -2.86. The van der Waals surface area contributed by atoms with Crippen LogP contribution in [0.1, 0.15) is 54.1 Å². The number of likely N-dealkylation sites (tertiary alicyclic amines) is 1. The van der Waals surface area contributed by atoms with Gasteiger partial charge in [0, 0.05) is 30.8 Å². The molecule has 2 aliphatic rings. The van der Waals surface area contributed by atoms with Crippen LogP contribution in [0.3, 0.4) is 0 Å². The molecule has 164 valence electrons. The summed E-state index contributed by atoms with van der Waals surface area (Å²) in [7, 11) is 1.67. The van der Waals surface area contributed by atoms with Crippen molar-refractivity contribution in [2.24, 2.45) is 0 Å². The van der Waals surface area contributed by atoms with E-state index in [-0.39, 0.29) is 17.9 Å². The van der Waals surface area contributed by atoms with Crippen LogP contribution in [0.15, 0.2) is 48.5 Å². The Morgan fingerprint density at radius 1 is 0.968 bits per heavy atom. The number of hydrogen-bond acceptors (Lipinski definition) is 4. The van der Waals surface area contributed by atoms with E-state index >= 15 is 0 Å². The standard InChI is InChI=1S/C25H31N3O3/c1-31-22-13-9-19(10-14-22)23(27-15-4-5-16-27)18-26-25(30)20-7-11-21(12-8-20)28-17-3-2-6-24(28)29/h7-14,23H,2-6,15-18H2,1H3,(H,26,30). The van der Waals surface area contributed by atoms with Crippen LogP contribution in [0.2, 0.25) is 0 Å². The molecule has 31 heavy (non-hydrogen) atoms. The molecule has 2 aliphatic heterocycles. The summed E-state index contributed by atoms with van der Waals surface area (Å²) in [6.45, 7) is 3.40. The Bertz CT molecular complexity index is 889. The molecule has 2 amide bonds. The molecule has 2 aromatic carbocycles. The Morgan fingerprint density at radius 2 is 1.65 bits per heavy atom. The molecule has 6 nitrogen and oxygen atoms in total. The molecule has 1 unspecified atom stereocenters. The zero-order chi connectivity index (χ0) is 21.6. The maximum absolute atomic E-state index is 12.8. The van der Waals surface area contributed by atoms with Gasteiger partial charge in [-0.15, -0.1) is 0 Å². The molecule has 0 radical (unpaired) electrons. The molecule has 1 atom stereocenters. The van der Waals surface area contributed by atoms with Crippen LogP contribution in [-0.2, 0) is 4.79 Å². The fourth-order valence-corrected chi connectivity index (χ4v) is 4.50. The van der Waals surface area contributed by atoms with E-state index in [0.29, 0.717) is 18.5 Å². The SMILES string of the molecule is COc1ccc(C(CNC(=O)c2ccc(N3CCCCC3=O)cc2)N2CCCC2)cc1. The number of nitrogens with zero attached hydrogens (tertiary/aromatic N) is 2. The van der Waals surface area contributed by atoms with Gasteiger partial charge in [-0.2, -0.15) is 0 Å². The van der Waals surface area contributed by atoms with E-state index in [1.54, 1.807) is 7.11 Å².